The third-order valence-corrected chi connectivity index (χ3v) is 9.00. The summed E-state index contributed by atoms with van der Waals surface area (Å²) in [7, 11) is 0. The van der Waals surface area contributed by atoms with Crippen molar-refractivity contribution in [3.63, 3.8) is 0 Å². The molecule has 0 radical (unpaired) electrons. The minimum absolute atomic E-state index is 0.0156. The van der Waals surface area contributed by atoms with Crippen LogP contribution in [0, 0.1) is 24.0 Å². The summed E-state index contributed by atoms with van der Waals surface area (Å²) >= 11 is 8.33. The first-order chi connectivity index (χ1) is 22.3. The molecule has 3 aromatic rings. The van der Waals surface area contributed by atoms with Gasteiger partial charge in [0.05, 0.1) is 18.1 Å². The number of rotatable bonds is 15. The number of aliphatic imine (C=N–C) groups is 1. The summed E-state index contributed by atoms with van der Waals surface area (Å²) in [6.07, 6.45) is 6.89. The number of nitro groups is 1. The third-order valence-electron chi connectivity index (χ3n) is 8.07. The maximum Gasteiger partial charge on any atom is 0.311 e. The lowest BCUT2D eigenvalue weighted by atomic mass is 10.1. The van der Waals surface area contributed by atoms with Crippen molar-refractivity contribution in [2.24, 2.45) is 4.99 Å². The Balaban J connectivity index is 1.48. The largest absolute Gasteiger partial charge is 0.487 e. The smallest absolute Gasteiger partial charge is 0.311 e. The second-order valence-corrected chi connectivity index (χ2v) is 12.8. The normalized spacial score (nSPS) is 13.5. The van der Waals surface area contributed by atoms with E-state index in [1.807, 2.05) is 49.0 Å². The lowest BCUT2D eigenvalue weighted by Gasteiger charge is -2.38. The van der Waals surface area contributed by atoms with Gasteiger partial charge in [0.2, 0.25) is 0 Å². The Kier molecular flexibility index (Phi) is 13.7. The number of nitrogens with one attached hydrogen (secondary N) is 1. The van der Waals surface area contributed by atoms with Crippen molar-refractivity contribution < 1.29 is 14.4 Å². The molecule has 9 nitrogen and oxygen atoms in total. The quantitative estimate of drug-likeness (QED) is 0.0570. The molecule has 1 saturated heterocycles. The summed E-state index contributed by atoms with van der Waals surface area (Å²) in [5.41, 5.74) is 4.20. The van der Waals surface area contributed by atoms with Crippen LogP contribution in [-0.4, -0.2) is 67.1 Å². The van der Waals surface area contributed by atoms with Crippen LogP contribution in [0.5, 0.6) is 17.2 Å². The van der Waals surface area contributed by atoms with Gasteiger partial charge in [-0.25, -0.2) is 4.99 Å². The van der Waals surface area contributed by atoms with Gasteiger partial charge in [0, 0.05) is 61.1 Å². The van der Waals surface area contributed by atoms with Crippen LogP contribution in [0.2, 0.25) is 5.02 Å². The molecular formula is C35H46ClN5O4S. The zero-order chi connectivity index (χ0) is 32.9. The van der Waals surface area contributed by atoms with Crippen LogP contribution < -0.4 is 19.7 Å². The van der Waals surface area contributed by atoms with Crippen molar-refractivity contribution in [2.45, 2.75) is 53.0 Å². The fourth-order valence-corrected chi connectivity index (χ4v) is 6.01. The van der Waals surface area contributed by atoms with Gasteiger partial charge in [-0.3, -0.25) is 10.1 Å². The zero-order valence-corrected chi connectivity index (χ0v) is 29.0. The van der Waals surface area contributed by atoms with Gasteiger partial charge < -0.3 is 24.6 Å². The number of nitro benzene ring substituents is 1. The van der Waals surface area contributed by atoms with Crippen LogP contribution in [0.3, 0.4) is 0 Å². The number of unbranched alkanes of at least 4 members (excludes halogenated alkanes) is 3. The van der Waals surface area contributed by atoms with E-state index in [9.17, 15) is 10.1 Å². The third kappa shape index (κ3) is 10.2. The van der Waals surface area contributed by atoms with Crippen LogP contribution >= 0.6 is 23.4 Å². The summed E-state index contributed by atoms with van der Waals surface area (Å²) in [5.74, 6) is 3.88. The minimum atomic E-state index is -0.401. The van der Waals surface area contributed by atoms with E-state index in [0.29, 0.717) is 23.9 Å². The van der Waals surface area contributed by atoms with Crippen LogP contribution in [0.15, 0.2) is 59.6 Å². The van der Waals surface area contributed by atoms with Crippen LogP contribution in [0.25, 0.3) is 0 Å². The van der Waals surface area contributed by atoms with Crippen molar-refractivity contribution in [1.29, 1.82) is 0 Å². The molecule has 0 unspecified atom stereocenters. The summed E-state index contributed by atoms with van der Waals surface area (Å²) in [6, 6.07) is 16.9. The van der Waals surface area contributed by atoms with Crippen molar-refractivity contribution in [1.82, 2.24) is 10.2 Å². The first-order valence-electron chi connectivity index (χ1n) is 16.0. The van der Waals surface area contributed by atoms with Gasteiger partial charge in [-0.15, -0.1) is 0 Å². The number of anilines is 1. The standard InChI is InChI=1S/C35H46ClN5O4S/c1-5-44-34-24-30(12-14-32(34)41(42)43)39-17-19-40(20-18-39)35(37-16-8-6-7-9-21-46-4)38-25-28-23-29(36)11-15-33(28)45-31-13-10-26(2)27(3)22-31/h10-15,22-24H,5-9,16-21,25H2,1-4H3,(H,37,38). The molecule has 0 aliphatic carbocycles. The maximum atomic E-state index is 11.5. The van der Waals surface area contributed by atoms with Gasteiger partial charge in [-0.2, -0.15) is 11.8 Å². The maximum absolute atomic E-state index is 11.5. The van der Waals surface area contributed by atoms with E-state index in [2.05, 4.69) is 41.3 Å². The average molecular weight is 668 g/mol. The van der Waals surface area contributed by atoms with E-state index in [1.165, 1.54) is 42.2 Å². The number of nitrogens with zero attached hydrogens (tertiary/aromatic N) is 4. The zero-order valence-electron chi connectivity index (χ0n) is 27.4. The SMILES string of the molecule is CCOc1cc(N2CCN(C(=NCc3cc(Cl)ccc3Oc3ccc(C)c(C)c3)NCCCCCCSC)CC2)ccc1[N+](=O)[O-]. The Morgan fingerprint density at radius 3 is 2.48 bits per heavy atom. The molecule has 1 N–H and O–H groups in total. The van der Waals surface area contributed by atoms with E-state index in [4.69, 9.17) is 26.1 Å². The number of thioether (sulfide) groups is 1. The van der Waals surface area contributed by atoms with Gasteiger partial charge in [0.25, 0.3) is 0 Å². The Bertz CT molecular complexity index is 1480. The lowest BCUT2D eigenvalue weighted by Crippen LogP contribution is -2.52. The monoisotopic (exact) mass is 667 g/mol. The molecule has 1 heterocycles. The van der Waals surface area contributed by atoms with Crippen LogP contribution in [0.4, 0.5) is 11.4 Å². The molecule has 248 valence electrons. The van der Waals surface area contributed by atoms with Gasteiger partial charge >= 0.3 is 5.69 Å². The van der Waals surface area contributed by atoms with Gasteiger partial charge in [0.15, 0.2) is 11.7 Å². The molecular weight excluding hydrogens is 622 g/mol. The number of hydrogen-bond acceptors (Lipinski definition) is 7. The Labute approximate surface area is 282 Å². The number of halogens is 1. The summed E-state index contributed by atoms with van der Waals surface area (Å²) < 4.78 is 11.9. The molecule has 3 aromatic carbocycles. The highest BCUT2D eigenvalue weighted by molar-refractivity contribution is 7.98. The molecule has 1 fully saturated rings. The number of ether oxygens (including phenoxy) is 2. The molecule has 1 aliphatic heterocycles. The van der Waals surface area contributed by atoms with Crippen molar-refractivity contribution >= 4 is 40.7 Å². The van der Waals surface area contributed by atoms with E-state index in [0.717, 1.165) is 67.9 Å². The summed E-state index contributed by atoms with van der Waals surface area (Å²) in [6.45, 7) is 10.6. The van der Waals surface area contributed by atoms with Gasteiger partial charge in [-0.05, 0) is 93.1 Å². The number of hydrogen-bond donors (Lipinski definition) is 1. The van der Waals surface area contributed by atoms with E-state index < -0.39 is 4.92 Å². The van der Waals surface area contributed by atoms with Gasteiger partial charge in [0.1, 0.15) is 11.5 Å². The second kappa shape index (κ2) is 17.9. The second-order valence-electron chi connectivity index (χ2n) is 11.4. The number of benzene rings is 3. The Morgan fingerprint density at radius 2 is 1.76 bits per heavy atom. The van der Waals surface area contributed by atoms with Crippen molar-refractivity contribution in [3.8, 4) is 17.2 Å². The molecule has 0 spiro atoms. The van der Waals surface area contributed by atoms with Gasteiger partial charge in [-0.1, -0.05) is 30.5 Å². The first kappa shape index (κ1) is 35.2. The van der Waals surface area contributed by atoms with Crippen molar-refractivity contribution in [3.05, 3.63) is 86.4 Å². The Morgan fingerprint density at radius 1 is 0.978 bits per heavy atom. The predicted molar refractivity (Wildman–Crippen MR) is 191 cm³/mol. The Hall–Kier alpha value is -3.63. The summed E-state index contributed by atoms with van der Waals surface area (Å²) in [4.78, 5) is 20.7. The highest BCUT2D eigenvalue weighted by Crippen LogP contribution is 2.33. The molecule has 0 saturated carbocycles. The fourth-order valence-electron chi connectivity index (χ4n) is 5.33. The molecule has 1 aliphatic rings. The van der Waals surface area contributed by atoms with E-state index in [-0.39, 0.29) is 5.69 Å². The topological polar surface area (TPSA) is 92.5 Å². The number of piperazine rings is 1. The fraction of sp³-hybridized carbons (Fsp3) is 0.457. The molecule has 46 heavy (non-hydrogen) atoms. The molecule has 4 rings (SSSR count). The highest BCUT2D eigenvalue weighted by Gasteiger charge is 2.23. The predicted octanol–water partition coefficient (Wildman–Crippen LogP) is 8.25. The molecule has 0 amide bonds. The van der Waals surface area contributed by atoms with E-state index >= 15 is 0 Å². The minimum Gasteiger partial charge on any atom is -0.487 e. The number of guanidine groups is 1. The van der Waals surface area contributed by atoms with E-state index in [1.54, 1.807) is 12.1 Å². The highest BCUT2D eigenvalue weighted by atomic mass is 35.5. The number of aryl methyl sites for hydroxylation is 2. The van der Waals surface area contributed by atoms with Crippen molar-refractivity contribution in [2.75, 3.05) is 56.2 Å². The molecule has 0 atom stereocenters. The van der Waals surface area contributed by atoms with Crippen LogP contribution in [-0.2, 0) is 6.54 Å². The first-order valence-corrected chi connectivity index (χ1v) is 17.8. The van der Waals surface area contributed by atoms with Crippen LogP contribution in [0.1, 0.15) is 49.3 Å². The molecule has 0 aromatic heterocycles. The average Bonchev–Trinajstić information content (AvgIpc) is 3.05. The lowest BCUT2D eigenvalue weighted by molar-refractivity contribution is -0.385. The molecule has 0 bridgehead atoms. The summed E-state index contributed by atoms with van der Waals surface area (Å²) in [5, 5.41) is 15.7. The molecule has 11 heteroatoms.